The number of guanidine groups is 1. The lowest BCUT2D eigenvalue weighted by Crippen LogP contribution is -2.56. The van der Waals surface area contributed by atoms with E-state index in [0.717, 1.165) is 51.9 Å². The van der Waals surface area contributed by atoms with E-state index in [1.165, 1.54) is 37.1 Å². The number of hydrogen-bond acceptors (Lipinski definition) is 4. The van der Waals surface area contributed by atoms with E-state index in [1.807, 2.05) is 0 Å². The van der Waals surface area contributed by atoms with E-state index < -0.39 is 0 Å². The fourth-order valence-electron chi connectivity index (χ4n) is 4.04. The Labute approximate surface area is 176 Å². The number of nitrogens with one attached hydrogen (secondary N) is 2. The van der Waals surface area contributed by atoms with Gasteiger partial charge in [-0.25, -0.2) is 4.99 Å². The van der Waals surface area contributed by atoms with E-state index in [-0.39, 0.29) is 5.54 Å². The monoisotopic (exact) mass is 401 g/mol. The van der Waals surface area contributed by atoms with Gasteiger partial charge in [-0.2, -0.15) is 0 Å². The summed E-state index contributed by atoms with van der Waals surface area (Å²) in [5.74, 6) is 0.884. The van der Waals surface area contributed by atoms with Gasteiger partial charge in [-0.1, -0.05) is 24.3 Å². The molecule has 162 valence electrons. The van der Waals surface area contributed by atoms with E-state index in [4.69, 9.17) is 9.73 Å². The molecule has 2 saturated heterocycles. The maximum atomic E-state index is 5.49. The topological polar surface area (TPSA) is 52.1 Å². The smallest absolute Gasteiger partial charge is 0.191 e. The zero-order valence-corrected chi connectivity index (χ0v) is 18.5. The molecular weight excluding hydrogens is 362 g/mol. The zero-order chi connectivity index (χ0) is 20.5. The van der Waals surface area contributed by atoms with Crippen molar-refractivity contribution in [3.8, 4) is 0 Å². The molecule has 0 saturated carbocycles. The number of ether oxygens (including phenoxy) is 1. The van der Waals surface area contributed by atoms with Crippen LogP contribution in [-0.2, 0) is 17.8 Å². The second kappa shape index (κ2) is 11.0. The standard InChI is InChI=1S/C23H39N5O/c1-4-24-22(26-19-23(2,3)28-13-15-29-16-14-28)25-17-20-7-9-21(10-8-20)18-27-11-5-6-12-27/h7-10H,4-6,11-19H2,1-3H3,(H2,24,25,26). The van der Waals surface area contributed by atoms with Crippen molar-refractivity contribution in [2.24, 2.45) is 4.99 Å². The van der Waals surface area contributed by atoms with Gasteiger partial charge in [0.05, 0.1) is 19.8 Å². The normalized spacial score (nSPS) is 19.5. The van der Waals surface area contributed by atoms with Crippen LogP contribution in [0.1, 0.15) is 44.7 Å². The molecule has 3 rings (SSSR count). The predicted molar refractivity (Wildman–Crippen MR) is 120 cm³/mol. The Morgan fingerprint density at radius 3 is 2.31 bits per heavy atom. The van der Waals surface area contributed by atoms with Crippen LogP contribution in [0.5, 0.6) is 0 Å². The molecule has 0 aromatic heterocycles. The summed E-state index contributed by atoms with van der Waals surface area (Å²) < 4.78 is 5.49. The van der Waals surface area contributed by atoms with Gasteiger partial charge in [-0.05, 0) is 57.8 Å². The van der Waals surface area contributed by atoms with Crippen LogP contribution in [0.25, 0.3) is 0 Å². The average molecular weight is 402 g/mol. The van der Waals surface area contributed by atoms with Crippen LogP contribution in [-0.4, -0.2) is 73.8 Å². The van der Waals surface area contributed by atoms with Gasteiger partial charge in [0.2, 0.25) is 0 Å². The third-order valence-electron chi connectivity index (χ3n) is 5.95. The summed E-state index contributed by atoms with van der Waals surface area (Å²) in [6.07, 6.45) is 2.69. The molecule has 0 radical (unpaired) electrons. The summed E-state index contributed by atoms with van der Waals surface area (Å²) in [4.78, 5) is 9.84. The van der Waals surface area contributed by atoms with E-state index in [2.05, 4.69) is 65.5 Å². The van der Waals surface area contributed by atoms with Crippen molar-refractivity contribution < 1.29 is 4.74 Å². The van der Waals surface area contributed by atoms with Crippen molar-refractivity contribution >= 4 is 5.96 Å². The second-order valence-corrected chi connectivity index (χ2v) is 8.76. The van der Waals surface area contributed by atoms with Gasteiger partial charge < -0.3 is 15.4 Å². The third kappa shape index (κ3) is 6.98. The van der Waals surface area contributed by atoms with Crippen molar-refractivity contribution in [2.75, 3.05) is 52.5 Å². The molecule has 1 aromatic carbocycles. The number of likely N-dealkylation sites (tertiary alicyclic amines) is 1. The Kier molecular flexibility index (Phi) is 8.33. The summed E-state index contributed by atoms with van der Waals surface area (Å²) in [6, 6.07) is 8.95. The highest BCUT2D eigenvalue weighted by Gasteiger charge is 2.28. The summed E-state index contributed by atoms with van der Waals surface area (Å²) in [5, 5.41) is 6.91. The van der Waals surface area contributed by atoms with Crippen LogP contribution in [0, 0.1) is 0 Å². The minimum atomic E-state index is 0.0667. The van der Waals surface area contributed by atoms with Crippen LogP contribution in [0.2, 0.25) is 0 Å². The van der Waals surface area contributed by atoms with Gasteiger partial charge in [0.15, 0.2) is 5.96 Å². The van der Waals surface area contributed by atoms with Crippen molar-refractivity contribution in [2.45, 2.75) is 52.2 Å². The maximum Gasteiger partial charge on any atom is 0.191 e. The Morgan fingerprint density at radius 1 is 1.00 bits per heavy atom. The SMILES string of the molecule is CCNC(=NCc1ccc(CN2CCCC2)cc1)NCC(C)(C)N1CCOCC1. The number of morpholine rings is 1. The third-order valence-corrected chi connectivity index (χ3v) is 5.95. The first-order valence-corrected chi connectivity index (χ1v) is 11.2. The summed E-state index contributed by atoms with van der Waals surface area (Å²) in [5.41, 5.74) is 2.72. The molecule has 2 fully saturated rings. The molecule has 0 spiro atoms. The number of aliphatic imine (C=N–C) groups is 1. The molecule has 0 bridgehead atoms. The molecule has 0 atom stereocenters. The minimum absolute atomic E-state index is 0.0667. The molecule has 2 aliphatic heterocycles. The molecule has 1 aromatic rings. The number of hydrogen-bond donors (Lipinski definition) is 2. The number of nitrogens with zero attached hydrogens (tertiary/aromatic N) is 3. The van der Waals surface area contributed by atoms with Crippen molar-refractivity contribution in [1.82, 2.24) is 20.4 Å². The molecule has 6 nitrogen and oxygen atoms in total. The Morgan fingerprint density at radius 2 is 1.66 bits per heavy atom. The lowest BCUT2D eigenvalue weighted by Gasteiger charge is -2.41. The molecule has 6 heteroatoms. The van der Waals surface area contributed by atoms with Crippen LogP contribution >= 0.6 is 0 Å². The lowest BCUT2D eigenvalue weighted by atomic mass is 10.0. The van der Waals surface area contributed by atoms with Gasteiger partial charge >= 0.3 is 0 Å². The maximum absolute atomic E-state index is 5.49. The quantitative estimate of drug-likeness (QED) is 0.518. The van der Waals surface area contributed by atoms with E-state index in [9.17, 15) is 0 Å². The molecular formula is C23H39N5O. The predicted octanol–water partition coefficient (Wildman–Crippen LogP) is 2.45. The van der Waals surface area contributed by atoms with Gasteiger partial charge in [-0.15, -0.1) is 0 Å². The summed E-state index contributed by atoms with van der Waals surface area (Å²) >= 11 is 0. The molecule has 2 aliphatic rings. The first-order chi connectivity index (χ1) is 14.1. The minimum Gasteiger partial charge on any atom is -0.379 e. The highest BCUT2D eigenvalue weighted by molar-refractivity contribution is 5.79. The molecule has 0 aliphatic carbocycles. The Hall–Kier alpha value is -1.63. The van der Waals surface area contributed by atoms with Crippen LogP contribution in [0.15, 0.2) is 29.3 Å². The van der Waals surface area contributed by atoms with Crippen molar-refractivity contribution in [3.63, 3.8) is 0 Å². The number of rotatable bonds is 8. The van der Waals surface area contributed by atoms with Gasteiger partial charge in [0.25, 0.3) is 0 Å². The molecule has 29 heavy (non-hydrogen) atoms. The lowest BCUT2D eigenvalue weighted by molar-refractivity contribution is -0.00834. The first-order valence-electron chi connectivity index (χ1n) is 11.2. The number of benzene rings is 1. The van der Waals surface area contributed by atoms with E-state index >= 15 is 0 Å². The summed E-state index contributed by atoms with van der Waals surface area (Å²) in [6.45, 7) is 16.3. The van der Waals surface area contributed by atoms with Gasteiger partial charge in [0.1, 0.15) is 0 Å². The van der Waals surface area contributed by atoms with Crippen LogP contribution in [0.4, 0.5) is 0 Å². The fraction of sp³-hybridized carbons (Fsp3) is 0.696. The van der Waals surface area contributed by atoms with E-state index in [1.54, 1.807) is 0 Å². The summed E-state index contributed by atoms with van der Waals surface area (Å²) in [7, 11) is 0. The molecule has 2 N–H and O–H groups in total. The zero-order valence-electron chi connectivity index (χ0n) is 18.5. The first kappa shape index (κ1) is 22.1. The molecule has 0 unspecified atom stereocenters. The van der Waals surface area contributed by atoms with Crippen LogP contribution in [0.3, 0.4) is 0 Å². The fourth-order valence-corrected chi connectivity index (χ4v) is 4.04. The Bertz CT molecular complexity index is 631. The largest absolute Gasteiger partial charge is 0.379 e. The highest BCUT2D eigenvalue weighted by atomic mass is 16.5. The van der Waals surface area contributed by atoms with E-state index in [0.29, 0.717) is 6.54 Å². The highest BCUT2D eigenvalue weighted by Crippen LogP contribution is 2.15. The van der Waals surface area contributed by atoms with Gasteiger partial charge in [-0.3, -0.25) is 9.80 Å². The second-order valence-electron chi connectivity index (χ2n) is 8.76. The van der Waals surface area contributed by atoms with Crippen molar-refractivity contribution in [1.29, 1.82) is 0 Å². The average Bonchev–Trinajstić information content (AvgIpc) is 3.25. The molecule has 2 heterocycles. The van der Waals surface area contributed by atoms with Crippen LogP contribution < -0.4 is 10.6 Å². The molecule has 0 amide bonds. The van der Waals surface area contributed by atoms with Crippen molar-refractivity contribution in [3.05, 3.63) is 35.4 Å². The van der Waals surface area contributed by atoms with Gasteiger partial charge in [0, 0.05) is 38.3 Å². The Balaban J connectivity index is 1.51.